The summed E-state index contributed by atoms with van der Waals surface area (Å²) < 4.78 is 33.4. The minimum absolute atomic E-state index is 0.0177. The SMILES string of the molecule is COc1cccc(C(CNS(=O)(=O)c2ccc3[nH]c(=O)c(=O)[nH]c3c2)N(C)C)c1. The third-order valence-corrected chi connectivity index (χ3v) is 5.99. The average Bonchev–Trinajstić information content (AvgIpc) is 2.68. The van der Waals surface area contributed by atoms with E-state index in [1.165, 1.54) is 18.2 Å². The number of likely N-dealkylation sites (N-methyl/N-ethyl adjacent to an activating group) is 1. The van der Waals surface area contributed by atoms with Crippen molar-refractivity contribution in [1.82, 2.24) is 19.6 Å². The van der Waals surface area contributed by atoms with E-state index in [-0.39, 0.29) is 23.0 Å². The Morgan fingerprint density at radius 3 is 2.38 bits per heavy atom. The zero-order valence-electron chi connectivity index (χ0n) is 16.2. The number of nitrogens with zero attached hydrogens (tertiary/aromatic N) is 1. The Labute approximate surface area is 167 Å². The van der Waals surface area contributed by atoms with Gasteiger partial charge >= 0.3 is 11.1 Å². The first-order valence-electron chi connectivity index (χ1n) is 8.77. The van der Waals surface area contributed by atoms with Crippen molar-refractivity contribution in [3.05, 3.63) is 68.7 Å². The number of sulfonamides is 1. The topological polar surface area (TPSA) is 124 Å². The van der Waals surface area contributed by atoms with Crippen LogP contribution < -0.4 is 20.6 Å². The Morgan fingerprint density at radius 2 is 1.72 bits per heavy atom. The van der Waals surface area contributed by atoms with E-state index in [9.17, 15) is 18.0 Å². The van der Waals surface area contributed by atoms with Gasteiger partial charge < -0.3 is 19.6 Å². The first kappa shape index (κ1) is 20.8. The fraction of sp³-hybridized carbons (Fsp3) is 0.263. The van der Waals surface area contributed by atoms with E-state index in [0.717, 1.165) is 5.56 Å². The standard InChI is InChI=1S/C19H22N4O5S/c1-23(2)17(12-5-4-6-13(9-12)28-3)11-20-29(26,27)14-7-8-15-16(10-14)22-19(25)18(24)21-15/h4-10,17,20H,11H2,1-3H3,(H,21,24)(H,22,25). The number of rotatable bonds is 7. The maximum atomic E-state index is 12.8. The molecule has 1 heterocycles. The summed E-state index contributed by atoms with van der Waals surface area (Å²) in [4.78, 5) is 29.6. The van der Waals surface area contributed by atoms with Crippen LogP contribution in [0.25, 0.3) is 11.0 Å². The maximum Gasteiger partial charge on any atom is 0.314 e. The zero-order valence-corrected chi connectivity index (χ0v) is 17.0. The van der Waals surface area contributed by atoms with Gasteiger partial charge in [0.05, 0.1) is 23.0 Å². The number of aromatic amines is 2. The summed E-state index contributed by atoms with van der Waals surface area (Å²) in [7, 11) is 1.44. The Kier molecular flexibility index (Phi) is 5.87. The van der Waals surface area contributed by atoms with Crippen molar-refractivity contribution in [1.29, 1.82) is 0 Å². The zero-order chi connectivity index (χ0) is 21.2. The molecule has 1 unspecified atom stereocenters. The first-order chi connectivity index (χ1) is 13.7. The highest BCUT2D eigenvalue weighted by Gasteiger charge is 2.20. The number of ether oxygens (including phenoxy) is 1. The fourth-order valence-electron chi connectivity index (χ4n) is 2.98. The number of hydrogen-bond donors (Lipinski definition) is 3. The summed E-state index contributed by atoms with van der Waals surface area (Å²) >= 11 is 0. The summed E-state index contributed by atoms with van der Waals surface area (Å²) in [6.07, 6.45) is 0. The highest BCUT2D eigenvalue weighted by molar-refractivity contribution is 7.89. The van der Waals surface area contributed by atoms with Crippen LogP contribution in [0.4, 0.5) is 0 Å². The molecule has 1 atom stereocenters. The van der Waals surface area contributed by atoms with Gasteiger partial charge in [0, 0.05) is 12.6 Å². The molecule has 0 fully saturated rings. The molecule has 0 aliphatic heterocycles. The van der Waals surface area contributed by atoms with Gasteiger partial charge in [-0.15, -0.1) is 0 Å². The van der Waals surface area contributed by atoms with Crippen LogP contribution >= 0.6 is 0 Å². The molecule has 0 spiro atoms. The van der Waals surface area contributed by atoms with Crippen LogP contribution in [0.5, 0.6) is 5.75 Å². The van der Waals surface area contributed by atoms with Crippen molar-refractivity contribution in [2.24, 2.45) is 0 Å². The molecular formula is C19H22N4O5S. The highest BCUT2D eigenvalue weighted by Crippen LogP contribution is 2.23. The van der Waals surface area contributed by atoms with Crippen LogP contribution in [0.3, 0.4) is 0 Å². The summed E-state index contributed by atoms with van der Waals surface area (Å²) in [5, 5.41) is 0. The maximum absolute atomic E-state index is 12.8. The smallest absolute Gasteiger partial charge is 0.314 e. The molecule has 10 heteroatoms. The van der Waals surface area contributed by atoms with E-state index >= 15 is 0 Å². The van der Waals surface area contributed by atoms with Gasteiger partial charge in [-0.2, -0.15) is 0 Å². The number of nitrogens with one attached hydrogen (secondary N) is 3. The lowest BCUT2D eigenvalue weighted by Gasteiger charge is -2.25. The van der Waals surface area contributed by atoms with Crippen molar-refractivity contribution in [3.63, 3.8) is 0 Å². The number of methoxy groups -OCH3 is 1. The molecule has 3 rings (SSSR count). The van der Waals surface area contributed by atoms with Crippen LogP contribution in [-0.4, -0.2) is 51.0 Å². The second kappa shape index (κ2) is 8.19. The normalized spacial score (nSPS) is 13.0. The summed E-state index contributed by atoms with van der Waals surface area (Å²) in [6, 6.07) is 11.3. The molecule has 0 aliphatic carbocycles. The number of aromatic nitrogens is 2. The van der Waals surface area contributed by atoms with Crippen molar-refractivity contribution < 1.29 is 13.2 Å². The Balaban J connectivity index is 1.87. The Bertz CT molecular complexity index is 1250. The molecule has 2 aromatic carbocycles. The lowest BCUT2D eigenvalue weighted by molar-refractivity contribution is 0.298. The van der Waals surface area contributed by atoms with E-state index in [1.54, 1.807) is 7.11 Å². The van der Waals surface area contributed by atoms with Gasteiger partial charge in [0.15, 0.2) is 0 Å². The van der Waals surface area contributed by atoms with Crippen LogP contribution in [0.2, 0.25) is 0 Å². The van der Waals surface area contributed by atoms with Gasteiger partial charge in [-0.1, -0.05) is 12.1 Å². The molecule has 0 saturated heterocycles. The summed E-state index contributed by atoms with van der Waals surface area (Å²) in [6.45, 7) is 0.128. The minimum atomic E-state index is -3.85. The molecule has 1 aromatic heterocycles. The molecule has 0 bridgehead atoms. The van der Waals surface area contributed by atoms with Crippen molar-refractivity contribution in [3.8, 4) is 5.75 Å². The molecule has 29 heavy (non-hydrogen) atoms. The van der Waals surface area contributed by atoms with Crippen LogP contribution in [0.1, 0.15) is 11.6 Å². The molecular weight excluding hydrogens is 396 g/mol. The molecule has 0 aliphatic rings. The molecule has 0 saturated carbocycles. The molecule has 9 nitrogen and oxygen atoms in total. The van der Waals surface area contributed by atoms with Gasteiger partial charge in [-0.3, -0.25) is 9.59 Å². The Hall–Kier alpha value is -2.95. The first-order valence-corrected chi connectivity index (χ1v) is 10.3. The lowest BCUT2D eigenvalue weighted by atomic mass is 10.1. The molecule has 3 N–H and O–H groups in total. The van der Waals surface area contributed by atoms with Crippen molar-refractivity contribution in [2.75, 3.05) is 27.7 Å². The van der Waals surface area contributed by atoms with E-state index < -0.39 is 21.1 Å². The summed E-state index contributed by atoms with van der Waals surface area (Å²) in [5.74, 6) is 0.685. The molecule has 154 valence electrons. The quantitative estimate of drug-likeness (QED) is 0.488. The molecule has 3 aromatic rings. The number of hydrogen-bond acceptors (Lipinski definition) is 6. The van der Waals surface area contributed by atoms with Gasteiger partial charge in [0.1, 0.15) is 5.75 Å². The number of fused-ring (bicyclic) bond motifs is 1. The van der Waals surface area contributed by atoms with E-state index in [1.807, 2.05) is 43.3 Å². The second-order valence-electron chi connectivity index (χ2n) is 6.72. The van der Waals surface area contributed by atoms with Gasteiger partial charge in [0.25, 0.3) is 0 Å². The predicted molar refractivity (Wildman–Crippen MR) is 110 cm³/mol. The van der Waals surface area contributed by atoms with Crippen LogP contribution in [0, 0.1) is 0 Å². The largest absolute Gasteiger partial charge is 0.497 e. The fourth-order valence-corrected chi connectivity index (χ4v) is 4.04. The van der Waals surface area contributed by atoms with Crippen LogP contribution in [0.15, 0.2) is 56.9 Å². The second-order valence-corrected chi connectivity index (χ2v) is 8.49. The van der Waals surface area contributed by atoms with Crippen LogP contribution in [-0.2, 0) is 10.0 Å². The van der Waals surface area contributed by atoms with E-state index in [0.29, 0.717) is 11.3 Å². The average molecular weight is 418 g/mol. The van der Waals surface area contributed by atoms with Crippen molar-refractivity contribution >= 4 is 21.1 Å². The lowest BCUT2D eigenvalue weighted by Crippen LogP contribution is -2.34. The minimum Gasteiger partial charge on any atom is -0.497 e. The molecule has 0 radical (unpaired) electrons. The monoisotopic (exact) mass is 418 g/mol. The third-order valence-electron chi connectivity index (χ3n) is 4.57. The van der Waals surface area contributed by atoms with Gasteiger partial charge in [-0.05, 0) is 50.0 Å². The van der Waals surface area contributed by atoms with Gasteiger partial charge in [-0.25, -0.2) is 13.1 Å². The summed E-state index contributed by atoms with van der Waals surface area (Å²) in [5.41, 5.74) is -0.160. The van der Waals surface area contributed by atoms with Gasteiger partial charge in [0.2, 0.25) is 10.0 Å². The number of benzene rings is 2. The Morgan fingerprint density at radius 1 is 1.03 bits per heavy atom. The number of H-pyrrole nitrogens is 2. The highest BCUT2D eigenvalue weighted by atomic mass is 32.2. The van der Waals surface area contributed by atoms with E-state index in [4.69, 9.17) is 4.74 Å². The van der Waals surface area contributed by atoms with Crippen molar-refractivity contribution in [2.45, 2.75) is 10.9 Å². The third kappa shape index (κ3) is 4.56. The van der Waals surface area contributed by atoms with E-state index in [2.05, 4.69) is 14.7 Å². The predicted octanol–water partition coefficient (Wildman–Crippen LogP) is 0.806. The molecule has 0 amide bonds.